The number of rotatable bonds is 5. The molecule has 9 heteroatoms. The first-order valence-corrected chi connectivity index (χ1v) is 10.4. The number of hydrogen-bond donors (Lipinski definition) is 1. The summed E-state index contributed by atoms with van der Waals surface area (Å²) in [4.78, 5) is 42.3. The van der Waals surface area contributed by atoms with Gasteiger partial charge in [0.25, 0.3) is 11.6 Å². The maximum atomic E-state index is 13.0. The number of aromatic nitrogens is 1. The lowest BCUT2D eigenvalue weighted by Gasteiger charge is -2.24. The van der Waals surface area contributed by atoms with Crippen LogP contribution in [-0.2, 0) is 11.3 Å². The number of aryl methyl sites for hydroxylation is 1. The molecule has 4 rings (SSSR count). The lowest BCUT2D eigenvalue weighted by Crippen LogP contribution is -2.45. The highest BCUT2D eigenvalue weighted by Crippen LogP contribution is 2.25. The van der Waals surface area contributed by atoms with Crippen LogP contribution in [0.15, 0.2) is 42.5 Å². The summed E-state index contributed by atoms with van der Waals surface area (Å²) in [5.74, 6) is -0.496. The van der Waals surface area contributed by atoms with Crippen LogP contribution in [0.25, 0.3) is 10.2 Å². The van der Waals surface area contributed by atoms with Gasteiger partial charge >= 0.3 is 0 Å². The summed E-state index contributed by atoms with van der Waals surface area (Å²) in [5, 5.41) is 14.7. The Labute approximate surface area is 176 Å². The van der Waals surface area contributed by atoms with E-state index in [1.54, 1.807) is 11.8 Å². The second-order valence-corrected chi connectivity index (χ2v) is 8.32. The van der Waals surface area contributed by atoms with Gasteiger partial charge in [0, 0.05) is 23.7 Å². The molecule has 8 nitrogen and oxygen atoms in total. The summed E-state index contributed by atoms with van der Waals surface area (Å²) in [5.41, 5.74) is 1.64. The van der Waals surface area contributed by atoms with Gasteiger partial charge in [-0.15, -0.1) is 11.3 Å². The quantitative estimate of drug-likeness (QED) is 0.499. The molecular weight excluding hydrogens is 404 g/mol. The van der Waals surface area contributed by atoms with Crippen molar-refractivity contribution in [1.82, 2.24) is 15.2 Å². The van der Waals surface area contributed by atoms with E-state index in [2.05, 4.69) is 10.3 Å². The van der Waals surface area contributed by atoms with E-state index in [0.29, 0.717) is 30.6 Å². The number of nitrogens with one attached hydrogen (secondary N) is 1. The fourth-order valence-electron chi connectivity index (χ4n) is 3.72. The topological polar surface area (TPSA) is 105 Å². The largest absolute Gasteiger partial charge is 0.348 e. The minimum Gasteiger partial charge on any atom is -0.348 e. The third-order valence-corrected chi connectivity index (χ3v) is 6.25. The number of nitro groups is 1. The van der Waals surface area contributed by atoms with Gasteiger partial charge in [-0.3, -0.25) is 19.7 Å². The second kappa shape index (κ2) is 8.19. The summed E-state index contributed by atoms with van der Waals surface area (Å²) < 4.78 is 1.06. The smallest absolute Gasteiger partial charge is 0.272 e. The molecule has 1 aliphatic rings. The highest BCUT2D eigenvalue weighted by Gasteiger charge is 2.34. The molecule has 154 valence electrons. The van der Waals surface area contributed by atoms with Crippen LogP contribution in [0.2, 0.25) is 0 Å². The Bertz CT molecular complexity index is 1110. The maximum absolute atomic E-state index is 13.0. The lowest BCUT2D eigenvalue weighted by atomic mass is 10.1. The number of fused-ring (bicyclic) bond motifs is 1. The summed E-state index contributed by atoms with van der Waals surface area (Å²) in [6, 6.07) is 11.5. The fraction of sp³-hybridized carbons (Fsp3) is 0.286. The van der Waals surface area contributed by atoms with Gasteiger partial charge in [0.15, 0.2) is 0 Å². The van der Waals surface area contributed by atoms with Gasteiger partial charge in [0.2, 0.25) is 5.91 Å². The van der Waals surface area contributed by atoms with Crippen LogP contribution in [0.4, 0.5) is 5.69 Å². The molecular formula is C21H20N4O4S. The van der Waals surface area contributed by atoms with E-state index >= 15 is 0 Å². The molecule has 2 heterocycles. The van der Waals surface area contributed by atoms with Crippen molar-refractivity contribution in [2.24, 2.45) is 0 Å². The van der Waals surface area contributed by atoms with E-state index in [1.807, 2.05) is 24.3 Å². The van der Waals surface area contributed by atoms with Crippen molar-refractivity contribution < 1.29 is 14.5 Å². The fourth-order valence-corrected chi connectivity index (χ4v) is 4.62. The number of para-hydroxylation sites is 1. The molecule has 1 aliphatic heterocycles. The molecule has 30 heavy (non-hydrogen) atoms. The summed E-state index contributed by atoms with van der Waals surface area (Å²) in [6.45, 7) is 2.39. The summed E-state index contributed by atoms with van der Waals surface area (Å²) in [6.07, 6.45) is 1.32. The van der Waals surface area contributed by atoms with E-state index < -0.39 is 11.0 Å². The zero-order valence-electron chi connectivity index (χ0n) is 16.3. The van der Waals surface area contributed by atoms with Crippen LogP contribution in [0.5, 0.6) is 0 Å². The molecule has 1 saturated heterocycles. The third kappa shape index (κ3) is 3.88. The average molecular weight is 424 g/mol. The van der Waals surface area contributed by atoms with Crippen molar-refractivity contribution in [3.63, 3.8) is 0 Å². The monoisotopic (exact) mass is 424 g/mol. The van der Waals surface area contributed by atoms with Gasteiger partial charge in [-0.25, -0.2) is 4.98 Å². The van der Waals surface area contributed by atoms with Gasteiger partial charge in [-0.2, -0.15) is 0 Å². The first-order valence-electron chi connectivity index (χ1n) is 9.62. The Balaban J connectivity index is 1.44. The van der Waals surface area contributed by atoms with E-state index in [0.717, 1.165) is 21.6 Å². The van der Waals surface area contributed by atoms with E-state index in [-0.39, 0.29) is 17.5 Å². The molecule has 3 aromatic rings. The van der Waals surface area contributed by atoms with Gasteiger partial charge in [-0.1, -0.05) is 12.1 Å². The number of nitrogens with zero attached hydrogens (tertiary/aromatic N) is 3. The minimum atomic E-state index is -0.553. The zero-order valence-corrected chi connectivity index (χ0v) is 17.1. The van der Waals surface area contributed by atoms with Crippen molar-refractivity contribution in [2.45, 2.75) is 32.4 Å². The standard InChI is InChI=1S/C21H20N4O4S/c1-13-11-14(8-9-16(13)25(28)29)21(27)24-10-4-6-17(24)20(26)22-12-19-23-15-5-2-3-7-18(15)30-19/h2-3,5,7-9,11,17H,4,6,10,12H2,1H3,(H,22,26). The first-order chi connectivity index (χ1) is 14.4. The van der Waals surface area contributed by atoms with Crippen molar-refractivity contribution in [3.05, 3.63) is 68.7 Å². The number of benzene rings is 2. The molecule has 1 atom stereocenters. The molecule has 0 bridgehead atoms. The van der Waals surface area contributed by atoms with Gasteiger partial charge in [0.1, 0.15) is 11.0 Å². The number of nitro benzene ring substituents is 1. The summed E-state index contributed by atoms with van der Waals surface area (Å²) in [7, 11) is 0. The Hall–Kier alpha value is -3.33. The van der Waals surface area contributed by atoms with Crippen LogP contribution < -0.4 is 5.32 Å². The van der Waals surface area contributed by atoms with Crippen molar-refractivity contribution >= 4 is 39.1 Å². The van der Waals surface area contributed by atoms with E-state index in [9.17, 15) is 19.7 Å². The SMILES string of the molecule is Cc1cc(C(=O)N2CCCC2C(=O)NCc2nc3ccccc3s2)ccc1[N+](=O)[O-]. The predicted octanol–water partition coefficient (Wildman–Crippen LogP) is 3.43. The van der Waals surface area contributed by atoms with Crippen LogP contribution in [0.3, 0.4) is 0 Å². The molecule has 0 spiro atoms. The Morgan fingerprint density at radius 1 is 1.30 bits per heavy atom. The Morgan fingerprint density at radius 3 is 2.83 bits per heavy atom. The molecule has 0 aliphatic carbocycles. The maximum Gasteiger partial charge on any atom is 0.272 e. The van der Waals surface area contributed by atoms with E-state index in [1.165, 1.54) is 29.5 Å². The van der Waals surface area contributed by atoms with Crippen molar-refractivity contribution in [1.29, 1.82) is 0 Å². The van der Waals surface area contributed by atoms with Crippen LogP contribution in [-0.4, -0.2) is 39.2 Å². The average Bonchev–Trinajstić information content (AvgIpc) is 3.37. The molecule has 0 radical (unpaired) electrons. The Kier molecular flexibility index (Phi) is 5.45. The molecule has 1 N–H and O–H groups in total. The summed E-state index contributed by atoms with van der Waals surface area (Å²) >= 11 is 1.53. The highest BCUT2D eigenvalue weighted by atomic mass is 32.1. The van der Waals surface area contributed by atoms with Crippen LogP contribution in [0, 0.1) is 17.0 Å². The number of likely N-dealkylation sites (tertiary alicyclic amines) is 1. The first kappa shape index (κ1) is 20.0. The molecule has 1 fully saturated rings. The number of carbonyl (C=O) groups excluding carboxylic acids is 2. The van der Waals surface area contributed by atoms with Crippen LogP contribution in [0.1, 0.15) is 33.8 Å². The minimum absolute atomic E-state index is 0.0295. The van der Waals surface area contributed by atoms with Crippen LogP contribution >= 0.6 is 11.3 Å². The molecule has 1 aromatic heterocycles. The Morgan fingerprint density at radius 2 is 2.10 bits per heavy atom. The number of amides is 2. The molecule has 2 amide bonds. The molecule has 1 unspecified atom stereocenters. The third-order valence-electron chi connectivity index (χ3n) is 5.21. The number of hydrogen-bond acceptors (Lipinski definition) is 6. The second-order valence-electron chi connectivity index (χ2n) is 7.21. The number of thiazole rings is 1. The molecule has 2 aromatic carbocycles. The van der Waals surface area contributed by atoms with Crippen molar-refractivity contribution in [3.8, 4) is 0 Å². The van der Waals surface area contributed by atoms with Gasteiger partial charge in [-0.05, 0) is 44.0 Å². The van der Waals surface area contributed by atoms with Crippen molar-refractivity contribution in [2.75, 3.05) is 6.54 Å². The van der Waals surface area contributed by atoms with Gasteiger partial charge < -0.3 is 10.2 Å². The normalized spacial score (nSPS) is 16.0. The zero-order chi connectivity index (χ0) is 21.3. The lowest BCUT2D eigenvalue weighted by molar-refractivity contribution is -0.385. The predicted molar refractivity (Wildman–Crippen MR) is 113 cm³/mol. The molecule has 0 saturated carbocycles. The highest BCUT2D eigenvalue weighted by molar-refractivity contribution is 7.18. The number of carbonyl (C=O) groups is 2. The van der Waals surface area contributed by atoms with Gasteiger partial charge in [0.05, 0.1) is 21.7 Å². The van der Waals surface area contributed by atoms with E-state index in [4.69, 9.17) is 0 Å².